The van der Waals surface area contributed by atoms with Crippen molar-refractivity contribution in [1.82, 2.24) is 20.0 Å². The van der Waals surface area contributed by atoms with Crippen molar-refractivity contribution in [2.45, 2.75) is 39.2 Å². The maximum atomic E-state index is 12.7. The van der Waals surface area contributed by atoms with E-state index in [0.717, 1.165) is 43.7 Å². The summed E-state index contributed by atoms with van der Waals surface area (Å²) in [6.07, 6.45) is 4.01. The average molecular weight is 264 g/mol. The Hall–Kier alpha value is -1.36. The fourth-order valence-electron chi connectivity index (χ4n) is 2.73. The van der Waals surface area contributed by atoms with Crippen molar-refractivity contribution in [2.24, 2.45) is 7.05 Å². The molecule has 5 heteroatoms. The van der Waals surface area contributed by atoms with Gasteiger partial charge < -0.3 is 10.2 Å². The van der Waals surface area contributed by atoms with Crippen LogP contribution in [0.15, 0.2) is 6.20 Å². The van der Waals surface area contributed by atoms with E-state index < -0.39 is 0 Å². The summed E-state index contributed by atoms with van der Waals surface area (Å²) in [7, 11) is 1.91. The van der Waals surface area contributed by atoms with E-state index in [2.05, 4.69) is 24.3 Å². The van der Waals surface area contributed by atoms with Gasteiger partial charge in [-0.25, -0.2) is 0 Å². The smallest absolute Gasteiger partial charge is 0.233 e. The Labute approximate surface area is 115 Å². The summed E-state index contributed by atoms with van der Waals surface area (Å²) in [5.74, 6) is 0.0962. The van der Waals surface area contributed by atoms with Crippen LogP contribution in [0.2, 0.25) is 0 Å². The zero-order valence-electron chi connectivity index (χ0n) is 12.1. The van der Waals surface area contributed by atoms with Crippen LogP contribution in [0.25, 0.3) is 0 Å². The highest BCUT2D eigenvalue weighted by molar-refractivity contribution is 5.84. The Morgan fingerprint density at radius 1 is 1.47 bits per heavy atom. The first kappa shape index (κ1) is 14.1. The molecule has 1 N–H and O–H groups in total. The van der Waals surface area contributed by atoms with Gasteiger partial charge in [0.05, 0.1) is 11.6 Å². The predicted octanol–water partition coefficient (Wildman–Crippen LogP) is 1.26. The van der Waals surface area contributed by atoms with E-state index >= 15 is 0 Å². The van der Waals surface area contributed by atoms with Crippen LogP contribution >= 0.6 is 0 Å². The van der Waals surface area contributed by atoms with Crippen LogP contribution in [-0.2, 0) is 18.4 Å². The van der Waals surface area contributed by atoms with Gasteiger partial charge in [-0.05, 0) is 12.8 Å². The standard InChI is InChI=1S/C14H24N4O/c1-4-6-18(7-5-2)14(19)12-9-15-8-11-10-17(3)16-13(11)12/h10,12,15H,4-9H2,1-3H3/t12-/m0/s1. The highest BCUT2D eigenvalue weighted by Gasteiger charge is 2.31. The van der Waals surface area contributed by atoms with Crippen LogP contribution in [0.3, 0.4) is 0 Å². The Bertz CT molecular complexity index is 435. The minimum absolute atomic E-state index is 0.122. The van der Waals surface area contributed by atoms with Crippen molar-refractivity contribution < 1.29 is 4.79 Å². The number of hydrogen-bond donors (Lipinski definition) is 1. The molecule has 2 heterocycles. The number of amides is 1. The van der Waals surface area contributed by atoms with E-state index in [4.69, 9.17) is 0 Å². The second kappa shape index (κ2) is 6.19. The number of rotatable bonds is 5. The molecule has 0 saturated carbocycles. The predicted molar refractivity (Wildman–Crippen MR) is 74.8 cm³/mol. The summed E-state index contributed by atoms with van der Waals surface area (Å²) in [5.41, 5.74) is 2.11. The quantitative estimate of drug-likeness (QED) is 0.871. The zero-order chi connectivity index (χ0) is 13.8. The SMILES string of the molecule is CCCN(CCC)C(=O)[C@H]1CNCc2cn(C)nc21. The van der Waals surface area contributed by atoms with Gasteiger partial charge in [-0.3, -0.25) is 9.48 Å². The Balaban J connectivity index is 2.19. The zero-order valence-corrected chi connectivity index (χ0v) is 12.1. The Morgan fingerprint density at radius 2 is 2.16 bits per heavy atom. The molecule has 2 rings (SSSR count). The molecule has 106 valence electrons. The second-order valence-electron chi connectivity index (χ2n) is 5.22. The van der Waals surface area contributed by atoms with E-state index in [1.165, 1.54) is 0 Å². The van der Waals surface area contributed by atoms with Crippen LogP contribution in [-0.4, -0.2) is 40.2 Å². The molecule has 0 aliphatic carbocycles. The van der Waals surface area contributed by atoms with Gasteiger partial charge in [0, 0.05) is 45.0 Å². The molecule has 1 aromatic rings. The molecule has 0 bridgehead atoms. The van der Waals surface area contributed by atoms with Gasteiger partial charge in [0.1, 0.15) is 0 Å². The van der Waals surface area contributed by atoms with Gasteiger partial charge in [-0.15, -0.1) is 0 Å². The molecule has 5 nitrogen and oxygen atoms in total. The summed E-state index contributed by atoms with van der Waals surface area (Å²) < 4.78 is 1.81. The largest absolute Gasteiger partial charge is 0.342 e. The van der Waals surface area contributed by atoms with Gasteiger partial charge in [-0.1, -0.05) is 13.8 Å². The third-order valence-corrected chi connectivity index (χ3v) is 3.53. The number of hydrogen-bond acceptors (Lipinski definition) is 3. The van der Waals surface area contributed by atoms with Crippen molar-refractivity contribution in [2.75, 3.05) is 19.6 Å². The normalized spacial score (nSPS) is 18.2. The fourth-order valence-corrected chi connectivity index (χ4v) is 2.73. The molecule has 0 spiro atoms. The molecular formula is C14H24N4O. The summed E-state index contributed by atoms with van der Waals surface area (Å²) in [4.78, 5) is 14.7. The van der Waals surface area contributed by atoms with Gasteiger partial charge in [0.25, 0.3) is 0 Å². The minimum Gasteiger partial charge on any atom is -0.342 e. The molecule has 1 atom stereocenters. The maximum Gasteiger partial charge on any atom is 0.233 e. The molecule has 0 aromatic carbocycles. The lowest BCUT2D eigenvalue weighted by molar-refractivity contribution is -0.133. The molecule has 0 unspecified atom stereocenters. The number of carbonyl (C=O) groups excluding carboxylic acids is 1. The second-order valence-corrected chi connectivity index (χ2v) is 5.22. The molecule has 0 fully saturated rings. The molecule has 19 heavy (non-hydrogen) atoms. The third-order valence-electron chi connectivity index (χ3n) is 3.53. The van der Waals surface area contributed by atoms with Crippen molar-refractivity contribution in [3.63, 3.8) is 0 Å². The van der Waals surface area contributed by atoms with Crippen molar-refractivity contribution in [3.8, 4) is 0 Å². The number of nitrogens with zero attached hydrogens (tertiary/aromatic N) is 3. The molecule has 1 aliphatic heterocycles. The summed E-state index contributed by atoms with van der Waals surface area (Å²) in [5, 5.41) is 7.81. The molecule has 1 aromatic heterocycles. The summed E-state index contributed by atoms with van der Waals surface area (Å²) in [6, 6.07) is 0. The van der Waals surface area contributed by atoms with Gasteiger partial charge >= 0.3 is 0 Å². The first-order valence-electron chi connectivity index (χ1n) is 7.19. The van der Waals surface area contributed by atoms with Crippen LogP contribution in [0, 0.1) is 0 Å². The minimum atomic E-state index is -0.122. The number of carbonyl (C=O) groups is 1. The van der Waals surface area contributed by atoms with Crippen molar-refractivity contribution in [3.05, 3.63) is 17.5 Å². The Kier molecular flexibility index (Phi) is 4.58. The molecule has 0 saturated heterocycles. The van der Waals surface area contributed by atoms with Crippen molar-refractivity contribution >= 4 is 5.91 Å². The third kappa shape index (κ3) is 2.97. The van der Waals surface area contributed by atoms with Crippen LogP contribution < -0.4 is 5.32 Å². The average Bonchev–Trinajstić information content (AvgIpc) is 2.77. The molecule has 1 aliphatic rings. The van der Waals surface area contributed by atoms with Crippen LogP contribution in [0.4, 0.5) is 0 Å². The lowest BCUT2D eigenvalue weighted by Gasteiger charge is -2.28. The number of aryl methyl sites for hydroxylation is 1. The molecule has 0 radical (unpaired) electrons. The topological polar surface area (TPSA) is 50.2 Å². The van der Waals surface area contributed by atoms with Gasteiger partial charge in [-0.2, -0.15) is 5.10 Å². The van der Waals surface area contributed by atoms with E-state index in [9.17, 15) is 4.79 Å². The highest BCUT2D eigenvalue weighted by Crippen LogP contribution is 2.24. The fraction of sp³-hybridized carbons (Fsp3) is 0.714. The van der Waals surface area contributed by atoms with E-state index in [1.807, 2.05) is 22.8 Å². The summed E-state index contributed by atoms with van der Waals surface area (Å²) >= 11 is 0. The Morgan fingerprint density at radius 3 is 2.79 bits per heavy atom. The maximum absolute atomic E-state index is 12.7. The first-order chi connectivity index (χ1) is 9.17. The van der Waals surface area contributed by atoms with Crippen molar-refractivity contribution in [1.29, 1.82) is 0 Å². The number of aromatic nitrogens is 2. The van der Waals surface area contributed by atoms with Gasteiger partial charge in [0.15, 0.2) is 0 Å². The van der Waals surface area contributed by atoms with Gasteiger partial charge in [0.2, 0.25) is 5.91 Å². The van der Waals surface area contributed by atoms with E-state index in [1.54, 1.807) is 0 Å². The molecule has 1 amide bonds. The molecular weight excluding hydrogens is 240 g/mol. The van der Waals surface area contributed by atoms with E-state index in [0.29, 0.717) is 6.54 Å². The monoisotopic (exact) mass is 264 g/mol. The van der Waals surface area contributed by atoms with E-state index in [-0.39, 0.29) is 11.8 Å². The number of fused-ring (bicyclic) bond motifs is 1. The lowest BCUT2D eigenvalue weighted by Crippen LogP contribution is -2.42. The highest BCUT2D eigenvalue weighted by atomic mass is 16.2. The summed E-state index contributed by atoms with van der Waals surface area (Å²) in [6.45, 7) is 7.42. The number of nitrogens with one attached hydrogen (secondary N) is 1. The van der Waals surface area contributed by atoms with Crippen LogP contribution in [0.1, 0.15) is 43.9 Å². The first-order valence-corrected chi connectivity index (χ1v) is 7.19. The lowest BCUT2D eigenvalue weighted by atomic mass is 9.96. The van der Waals surface area contributed by atoms with Crippen LogP contribution in [0.5, 0.6) is 0 Å².